The summed E-state index contributed by atoms with van der Waals surface area (Å²) in [6.45, 7) is 4.96. The van der Waals surface area contributed by atoms with E-state index >= 15 is 0 Å². The van der Waals surface area contributed by atoms with Crippen LogP contribution in [-0.2, 0) is 0 Å². The minimum absolute atomic E-state index is 0.296. The van der Waals surface area contributed by atoms with Gasteiger partial charge in [0.05, 0.1) is 11.6 Å². The number of anilines is 1. The molecule has 1 atom stereocenters. The molecule has 0 fully saturated rings. The first-order valence-electron chi connectivity index (χ1n) is 5.42. The van der Waals surface area contributed by atoms with Crippen molar-refractivity contribution in [2.75, 3.05) is 5.32 Å². The number of halogens is 3. The molecule has 0 bridgehead atoms. The average Bonchev–Trinajstić information content (AvgIpc) is 2.13. The number of nitrogens with one attached hydrogen (secondary N) is 1. The molecule has 0 aliphatic rings. The topological polar surface area (TPSA) is 41.5 Å². The van der Waals surface area contributed by atoms with E-state index in [-0.39, 0.29) is 11.8 Å². The van der Waals surface area contributed by atoms with E-state index in [0.29, 0.717) is 5.69 Å². The Hall–Kier alpha value is -1.43. The van der Waals surface area contributed by atoms with Crippen LogP contribution in [0.1, 0.15) is 20.8 Å². The van der Waals surface area contributed by atoms with Crippen LogP contribution in [0.3, 0.4) is 0 Å². The van der Waals surface area contributed by atoms with Crippen molar-refractivity contribution < 1.29 is 23.0 Å². The highest BCUT2D eigenvalue weighted by atomic mass is 19.4. The molecule has 1 rings (SSSR count). The first-order chi connectivity index (χ1) is 8.08. The number of ether oxygens (including phenoxy) is 1. The summed E-state index contributed by atoms with van der Waals surface area (Å²) in [4.78, 5) is 0. The lowest BCUT2D eigenvalue weighted by atomic mass is 10.0. The molecule has 0 spiro atoms. The smallest absolute Gasteiger partial charge is 0.406 e. The summed E-state index contributed by atoms with van der Waals surface area (Å²) in [6, 6.07) is 5.17. The van der Waals surface area contributed by atoms with Crippen LogP contribution in [0.2, 0.25) is 0 Å². The van der Waals surface area contributed by atoms with E-state index in [1.165, 1.54) is 18.2 Å². The quantitative estimate of drug-likeness (QED) is 0.876. The van der Waals surface area contributed by atoms with E-state index in [9.17, 15) is 18.3 Å². The lowest BCUT2D eigenvalue weighted by molar-refractivity contribution is -0.274. The Kier molecular flexibility index (Phi) is 4.11. The fourth-order valence-electron chi connectivity index (χ4n) is 1.21. The minimum Gasteiger partial charge on any atom is -0.406 e. The van der Waals surface area contributed by atoms with Gasteiger partial charge in [0.25, 0.3) is 0 Å². The number of hydrogen-bond acceptors (Lipinski definition) is 3. The summed E-state index contributed by atoms with van der Waals surface area (Å²) >= 11 is 0. The predicted molar refractivity (Wildman–Crippen MR) is 62.5 cm³/mol. The Morgan fingerprint density at radius 3 is 2.39 bits per heavy atom. The zero-order valence-corrected chi connectivity index (χ0v) is 10.4. The van der Waals surface area contributed by atoms with Crippen LogP contribution in [0.5, 0.6) is 5.75 Å². The van der Waals surface area contributed by atoms with Crippen LogP contribution in [0.4, 0.5) is 18.9 Å². The molecule has 102 valence electrons. The maximum absolute atomic E-state index is 12.0. The zero-order valence-electron chi connectivity index (χ0n) is 10.4. The maximum Gasteiger partial charge on any atom is 0.573 e. The van der Waals surface area contributed by atoms with Crippen molar-refractivity contribution in [2.24, 2.45) is 0 Å². The zero-order chi connectivity index (χ0) is 14.0. The van der Waals surface area contributed by atoms with Crippen molar-refractivity contribution in [3.63, 3.8) is 0 Å². The molecule has 0 heterocycles. The number of alkyl halides is 3. The van der Waals surface area contributed by atoms with E-state index in [0.717, 1.165) is 0 Å². The second kappa shape index (κ2) is 5.06. The van der Waals surface area contributed by atoms with Gasteiger partial charge in [0, 0.05) is 11.8 Å². The molecule has 1 unspecified atom stereocenters. The van der Waals surface area contributed by atoms with Gasteiger partial charge in [-0.2, -0.15) is 0 Å². The number of aliphatic hydroxyl groups is 1. The third-order valence-electron chi connectivity index (χ3n) is 2.51. The van der Waals surface area contributed by atoms with Gasteiger partial charge in [-0.25, -0.2) is 0 Å². The molecule has 18 heavy (non-hydrogen) atoms. The van der Waals surface area contributed by atoms with Crippen molar-refractivity contribution >= 4 is 5.69 Å². The van der Waals surface area contributed by atoms with Crippen LogP contribution < -0.4 is 10.1 Å². The van der Waals surface area contributed by atoms with Gasteiger partial charge in [-0.1, -0.05) is 6.07 Å². The van der Waals surface area contributed by atoms with E-state index in [1.54, 1.807) is 26.8 Å². The number of benzene rings is 1. The molecular formula is C12H16F3NO2. The number of rotatable bonds is 4. The molecule has 2 N–H and O–H groups in total. The van der Waals surface area contributed by atoms with Crippen LogP contribution in [0, 0.1) is 0 Å². The second-order valence-corrected chi connectivity index (χ2v) is 4.60. The standard InChI is InChI=1S/C12H16F3NO2/c1-8(11(2,3)17)16-9-5-4-6-10(7-9)18-12(13,14)15/h4-8,16-17H,1-3H3. The van der Waals surface area contributed by atoms with E-state index < -0.39 is 12.0 Å². The van der Waals surface area contributed by atoms with E-state index in [1.807, 2.05) is 0 Å². The van der Waals surface area contributed by atoms with E-state index in [4.69, 9.17) is 0 Å². The van der Waals surface area contributed by atoms with Gasteiger partial charge in [0.1, 0.15) is 5.75 Å². The SMILES string of the molecule is CC(Nc1cccc(OC(F)(F)F)c1)C(C)(C)O. The van der Waals surface area contributed by atoms with Crippen LogP contribution in [-0.4, -0.2) is 23.1 Å². The lowest BCUT2D eigenvalue weighted by Gasteiger charge is -2.27. The highest BCUT2D eigenvalue weighted by molar-refractivity contribution is 5.49. The Morgan fingerprint density at radius 2 is 1.89 bits per heavy atom. The Bertz CT molecular complexity index is 399. The Balaban J connectivity index is 2.77. The van der Waals surface area contributed by atoms with Crippen molar-refractivity contribution in [3.8, 4) is 5.75 Å². The van der Waals surface area contributed by atoms with Gasteiger partial charge in [-0.15, -0.1) is 13.2 Å². The first kappa shape index (κ1) is 14.6. The molecule has 0 aromatic heterocycles. The van der Waals surface area contributed by atoms with Crippen molar-refractivity contribution in [3.05, 3.63) is 24.3 Å². The highest BCUT2D eigenvalue weighted by Crippen LogP contribution is 2.26. The summed E-state index contributed by atoms with van der Waals surface area (Å²) in [5.74, 6) is -0.296. The van der Waals surface area contributed by atoms with Gasteiger partial charge in [-0.3, -0.25) is 0 Å². The predicted octanol–water partition coefficient (Wildman–Crippen LogP) is 3.16. The molecule has 0 radical (unpaired) electrons. The average molecular weight is 263 g/mol. The largest absolute Gasteiger partial charge is 0.573 e. The van der Waals surface area contributed by atoms with Crippen molar-refractivity contribution in [1.29, 1.82) is 0 Å². The van der Waals surface area contributed by atoms with Gasteiger partial charge in [-0.05, 0) is 32.9 Å². The number of hydrogen-bond donors (Lipinski definition) is 2. The normalized spacial score (nSPS) is 14.2. The summed E-state index contributed by atoms with van der Waals surface area (Å²) in [5.41, 5.74) is -0.535. The molecule has 3 nitrogen and oxygen atoms in total. The van der Waals surface area contributed by atoms with Gasteiger partial charge < -0.3 is 15.2 Å². The van der Waals surface area contributed by atoms with Gasteiger partial charge in [0.2, 0.25) is 0 Å². The molecule has 1 aromatic rings. The van der Waals surface area contributed by atoms with Gasteiger partial charge in [0.15, 0.2) is 0 Å². The molecule has 0 aliphatic heterocycles. The van der Waals surface area contributed by atoms with Crippen LogP contribution >= 0.6 is 0 Å². The molecule has 1 aromatic carbocycles. The molecule has 0 aliphatic carbocycles. The minimum atomic E-state index is -4.71. The maximum atomic E-state index is 12.0. The third kappa shape index (κ3) is 4.83. The summed E-state index contributed by atoms with van der Waals surface area (Å²) in [5, 5.41) is 12.6. The molecular weight excluding hydrogens is 247 g/mol. The Morgan fingerprint density at radius 1 is 1.28 bits per heavy atom. The van der Waals surface area contributed by atoms with Crippen molar-refractivity contribution in [2.45, 2.75) is 38.8 Å². The van der Waals surface area contributed by atoms with Crippen molar-refractivity contribution in [1.82, 2.24) is 0 Å². The first-order valence-corrected chi connectivity index (χ1v) is 5.42. The second-order valence-electron chi connectivity index (χ2n) is 4.60. The summed E-state index contributed by atoms with van der Waals surface area (Å²) in [7, 11) is 0. The van der Waals surface area contributed by atoms with Crippen LogP contribution in [0.25, 0.3) is 0 Å². The fraction of sp³-hybridized carbons (Fsp3) is 0.500. The van der Waals surface area contributed by atoms with Gasteiger partial charge >= 0.3 is 6.36 Å². The van der Waals surface area contributed by atoms with E-state index in [2.05, 4.69) is 10.1 Å². The monoisotopic (exact) mass is 263 g/mol. The third-order valence-corrected chi connectivity index (χ3v) is 2.51. The lowest BCUT2D eigenvalue weighted by Crippen LogP contribution is -2.39. The molecule has 0 saturated heterocycles. The summed E-state index contributed by atoms with van der Waals surface area (Å²) in [6.07, 6.45) is -4.71. The molecule has 6 heteroatoms. The molecule has 0 saturated carbocycles. The highest BCUT2D eigenvalue weighted by Gasteiger charge is 2.31. The molecule has 0 amide bonds. The van der Waals surface area contributed by atoms with Crippen LogP contribution in [0.15, 0.2) is 24.3 Å². The Labute approximate surface area is 104 Å². The fourth-order valence-corrected chi connectivity index (χ4v) is 1.21. The summed E-state index contributed by atoms with van der Waals surface area (Å²) < 4.78 is 39.9.